The Kier molecular flexibility index (Phi) is 5.82. The first-order valence-electron chi connectivity index (χ1n) is 5.99. The number of anilines is 1. The van der Waals surface area contributed by atoms with Gasteiger partial charge in [-0.2, -0.15) is 0 Å². The molecule has 0 aliphatic carbocycles. The van der Waals surface area contributed by atoms with Crippen LogP contribution in [0.2, 0.25) is 0 Å². The van der Waals surface area contributed by atoms with Gasteiger partial charge in [-0.25, -0.2) is 4.79 Å². The first-order valence-corrected chi connectivity index (χ1v) is 6.78. The van der Waals surface area contributed by atoms with E-state index >= 15 is 0 Å². The topological polar surface area (TPSA) is 87.7 Å². The summed E-state index contributed by atoms with van der Waals surface area (Å²) in [4.78, 5) is 22.7. The molecule has 1 aromatic rings. The Balaban J connectivity index is 2.71. The summed E-state index contributed by atoms with van der Waals surface area (Å²) in [5.41, 5.74) is 0.495. The number of benzene rings is 1. The number of amides is 2. The van der Waals surface area contributed by atoms with Crippen molar-refractivity contribution < 1.29 is 19.4 Å². The zero-order valence-electron chi connectivity index (χ0n) is 11.4. The largest absolute Gasteiger partial charge is 0.495 e. The Hall–Kier alpha value is -1.76. The number of carbonyl (C=O) groups excluding carboxylic acids is 1. The third-order valence-corrected chi connectivity index (χ3v) is 3.40. The van der Waals surface area contributed by atoms with Gasteiger partial charge in [0.15, 0.2) is 0 Å². The van der Waals surface area contributed by atoms with E-state index in [1.807, 2.05) is 0 Å². The van der Waals surface area contributed by atoms with E-state index in [-0.39, 0.29) is 0 Å². The highest BCUT2D eigenvalue weighted by atomic mass is 79.9. The van der Waals surface area contributed by atoms with Crippen LogP contribution >= 0.6 is 15.9 Å². The summed E-state index contributed by atoms with van der Waals surface area (Å²) < 4.78 is 5.93. The average molecular weight is 345 g/mol. The molecule has 2 amide bonds. The van der Waals surface area contributed by atoms with Crippen molar-refractivity contribution in [1.82, 2.24) is 5.32 Å². The van der Waals surface area contributed by atoms with E-state index in [1.165, 1.54) is 14.0 Å². The summed E-state index contributed by atoms with van der Waals surface area (Å²) in [6.07, 6.45) is 0. The number of aliphatic carboxylic acids is 1. The van der Waals surface area contributed by atoms with Gasteiger partial charge in [-0.15, -0.1) is 0 Å². The van der Waals surface area contributed by atoms with Crippen LogP contribution in [-0.4, -0.2) is 30.3 Å². The predicted molar refractivity (Wildman–Crippen MR) is 79.1 cm³/mol. The summed E-state index contributed by atoms with van der Waals surface area (Å²) in [6.45, 7) is 3.17. The molecule has 0 radical (unpaired) electrons. The molecule has 0 saturated heterocycles. The molecule has 3 N–H and O–H groups in total. The van der Waals surface area contributed by atoms with Crippen LogP contribution in [-0.2, 0) is 4.79 Å². The number of nitrogens with one attached hydrogen (secondary N) is 2. The van der Waals surface area contributed by atoms with E-state index in [0.29, 0.717) is 11.4 Å². The first kappa shape index (κ1) is 16.3. The van der Waals surface area contributed by atoms with E-state index in [0.717, 1.165) is 4.47 Å². The van der Waals surface area contributed by atoms with Gasteiger partial charge >= 0.3 is 12.0 Å². The molecule has 0 aliphatic heterocycles. The zero-order valence-corrected chi connectivity index (χ0v) is 13.0. The number of carboxylic acids is 1. The second-order valence-corrected chi connectivity index (χ2v) is 5.27. The molecule has 0 aromatic heterocycles. The van der Waals surface area contributed by atoms with E-state index in [1.54, 1.807) is 25.1 Å². The molecule has 20 heavy (non-hydrogen) atoms. The molecule has 6 nitrogen and oxygen atoms in total. The van der Waals surface area contributed by atoms with Gasteiger partial charge in [0.1, 0.15) is 5.75 Å². The number of rotatable bonds is 5. The van der Waals surface area contributed by atoms with Crippen LogP contribution in [0.25, 0.3) is 0 Å². The van der Waals surface area contributed by atoms with Crippen molar-refractivity contribution in [2.24, 2.45) is 5.92 Å². The Morgan fingerprint density at radius 3 is 2.55 bits per heavy atom. The van der Waals surface area contributed by atoms with Crippen LogP contribution in [0.5, 0.6) is 5.75 Å². The summed E-state index contributed by atoms with van der Waals surface area (Å²) in [5.74, 6) is -1.12. The van der Waals surface area contributed by atoms with Crippen molar-refractivity contribution in [3.63, 3.8) is 0 Å². The molecule has 0 spiro atoms. The van der Waals surface area contributed by atoms with Crippen LogP contribution in [0, 0.1) is 5.92 Å². The van der Waals surface area contributed by atoms with Crippen molar-refractivity contribution in [1.29, 1.82) is 0 Å². The fraction of sp³-hybridized carbons (Fsp3) is 0.385. The highest BCUT2D eigenvalue weighted by Crippen LogP contribution is 2.27. The number of halogens is 1. The third-order valence-electron chi connectivity index (χ3n) is 2.91. The van der Waals surface area contributed by atoms with Crippen LogP contribution in [0.3, 0.4) is 0 Å². The van der Waals surface area contributed by atoms with E-state index in [9.17, 15) is 9.59 Å². The Morgan fingerprint density at radius 1 is 1.35 bits per heavy atom. The van der Waals surface area contributed by atoms with Gasteiger partial charge in [-0.05, 0) is 32.0 Å². The number of urea groups is 1. The highest BCUT2D eigenvalue weighted by Gasteiger charge is 2.21. The SMILES string of the molecule is COc1ccc(Br)cc1NC(=O)NC(C)C(C)C(=O)O. The number of carboxylic acid groups (broad SMARTS) is 1. The number of hydrogen-bond donors (Lipinski definition) is 3. The van der Waals surface area contributed by atoms with Crippen LogP contribution in [0.15, 0.2) is 22.7 Å². The molecule has 2 unspecified atom stereocenters. The monoisotopic (exact) mass is 344 g/mol. The summed E-state index contributed by atoms with van der Waals surface area (Å²) in [6, 6.07) is 4.22. The van der Waals surface area contributed by atoms with E-state index in [4.69, 9.17) is 9.84 Å². The number of ether oxygens (including phenoxy) is 1. The summed E-state index contributed by atoms with van der Waals surface area (Å²) in [5, 5.41) is 14.1. The molecular weight excluding hydrogens is 328 g/mol. The van der Waals surface area contributed by atoms with Crippen molar-refractivity contribution in [3.8, 4) is 5.75 Å². The molecular formula is C13H17BrN2O4. The fourth-order valence-electron chi connectivity index (χ4n) is 1.48. The van der Waals surface area contributed by atoms with Crippen LogP contribution in [0.4, 0.5) is 10.5 Å². The van der Waals surface area contributed by atoms with E-state index in [2.05, 4.69) is 26.6 Å². The van der Waals surface area contributed by atoms with Crippen molar-refractivity contribution in [2.45, 2.75) is 19.9 Å². The van der Waals surface area contributed by atoms with Gasteiger partial charge in [0.05, 0.1) is 18.7 Å². The summed E-state index contributed by atoms with van der Waals surface area (Å²) in [7, 11) is 1.50. The molecule has 1 rings (SSSR count). The zero-order chi connectivity index (χ0) is 15.3. The fourth-order valence-corrected chi connectivity index (χ4v) is 1.84. The highest BCUT2D eigenvalue weighted by molar-refractivity contribution is 9.10. The van der Waals surface area contributed by atoms with Gasteiger partial charge in [0.2, 0.25) is 0 Å². The number of methoxy groups -OCH3 is 1. The van der Waals surface area contributed by atoms with Crippen LogP contribution in [0.1, 0.15) is 13.8 Å². The molecule has 110 valence electrons. The minimum absolute atomic E-state index is 0.484. The minimum Gasteiger partial charge on any atom is -0.495 e. The lowest BCUT2D eigenvalue weighted by Crippen LogP contribution is -2.42. The molecule has 7 heteroatoms. The lowest BCUT2D eigenvalue weighted by molar-refractivity contribution is -0.141. The molecule has 0 saturated carbocycles. The standard InChI is InChI=1S/C13H17BrN2O4/c1-7(12(17)18)8(2)15-13(19)16-10-6-9(14)4-5-11(10)20-3/h4-8H,1-3H3,(H,17,18)(H2,15,16,19). The molecule has 0 aliphatic rings. The van der Waals surface area contributed by atoms with Gasteiger partial charge < -0.3 is 20.5 Å². The van der Waals surface area contributed by atoms with Gasteiger partial charge in [-0.3, -0.25) is 4.79 Å². The summed E-state index contributed by atoms with van der Waals surface area (Å²) >= 11 is 3.30. The maximum absolute atomic E-state index is 11.8. The van der Waals surface area contributed by atoms with Crippen molar-refractivity contribution in [3.05, 3.63) is 22.7 Å². The average Bonchev–Trinajstić information content (AvgIpc) is 2.37. The first-order chi connectivity index (χ1) is 9.35. The predicted octanol–water partition coefficient (Wildman–Crippen LogP) is 2.69. The van der Waals surface area contributed by atoms with Crippen LogP contribution < -0.4 is 15.4 Å². The molecule has 0 bridgehead atoms. The minimum atomic E-state index is -0.960. The molecule has 0 fully saturated rings. The maximum Gasteiger partial charge on any atom is 0.319 e. The maximum atomic E-state index is 11.8. The van der Waals surface area contributed by atoms with Gasteiger partial charge in [0, 0.05) is 10.5 Å². The second-order valence-electron chi connectivity index (χ2n) is 4.36. The molecule has 1 aromatic carbocycles. The normalized spacial score (nSPS) is 13.2. The van der Waals surface area contributed by atoms with Gasteiger partial charge in [-0.1, -0.05) is 15.9 Å². The lowest BCUT2D eigenvalue weighted by atomic mass is 10.0. The Labute approximate surface area is 125 Å². The second kappa shape index (κ2) is 7.14. The lowest BCUT2D eigenvalue weighted by Gasteiger charge is -2.18. The van der Waals surface area contributed by atoms with Gasteiger partial charge in [0.25, 0.3) is 0 Å². The quantitative estimate of drug-likeness (QED) is 0.766. The third kappa shape index (κ3) is 4.41. The molecule has 2 atom stereocenters. The Morgan fingerprint density at radius 2 is 2.00 bits per heavy atom. The molecule has 0 heterocycles. The van der Waals surface area contributed by atoms with Crippen molar-refractivity contribution >= 4 is 33.6 Å². The smallest absolute Gasteiger partial charge is 0.319 e. The van der Waals surface area contributed by atoms with Crippen molar-refractivity contribution in [2.75, 3.05) is 12.4 Å². The Bertz CT molecular complexity index is 507. The van der Waals surface area contributed by atoms with E-state index < -0.39 is 24.0 Å². The number of hydrogen-bond acceptors (Lipinski definition) is 3. The number of carbonyl (C=O) groups is 2.